The van der Waals surface area contributed by atoms with Crippen LogP contribution in [0.3, 0.4) is 0 Å². The monoisotopic (exact) mass is 540 g/mol. The van der Waals surface area contributed by atoms with E-state index in [1.54, 1.807) is 29.3 Å². The fraction of sp³-hybridized carbons (Fsp3) is 0.300. The van der Waals surface area contributed by atoms with Crippen LogP contribution in [0, 0.1) is 12.7 Å². The van der Waals surface area contributed by atoms with Gasteiger partial charge in [0.1, 0.15) is 22.7 Å². The second kappa shape index (κ2) is 9.55. The minimum Gasteiger partial charge on any atom is -0.454 e. The number of anilines is 1. The highest BCUT2D eigenvalue weighted by molar-refractivity contribution is 6.07. The number of benzene rings is 1. The van der Waals surface area contributed by atoms with Gasteiger partial charge in [0, 0.05) is 31.9 Å². The summed E-state index contributed by atoms with van der Waals surface area (Å²) >= 11 is 0. The molecule has 204 valence electrons. The Morgan fingerprint density at radius 2 is 2.00 bits per heavy atom. The van der Waals surface area contributed by atoms with E-state index in [-0.39, 0.29) is 23.3 Å². The second-order valence-corrected chi connectivity index (χ2v) is 10.5. The Labute approximate surface area is 229 Å². The Balaban J connectivity index is 1.68. The molecule has 0 saturated carbocycles. The highest BCUT2D eigenvalue weighted by atomic mass is 19.1. The molecule has 1 atom stereocenters. The predicted octanol–water partition coefficient (Wildman–Crippen LogP) is 4.87. The lowest BCUT2D eigenvalue weighted by Crippen LogP contribution is -2.54. The molecule has 1 aromatic carbocycles. The Bertz CT molecular complexity index is 1890. The molecule has 0 unspecified atom stereocenters. The summed E-state index contributed by atoms with van der Waals surface area (Å²) in [6.07, 6.45) is 3.03. The van der Waals surface area contributed by atoms with Crippen molar-refractivity contribution >= 4 is 44.8 Å². The summed E-state index contributed by atoms with van der Waals surface area (Å²) < 4.78 is 22.5. The van der Waals surface area contributed by atoms with Gasteiger partial charge in [0.2, 0.25) is 5.91 Å². The van der Waals surface area contributed by atoms with Crippen LogP contribution >= 0.6 is 0 Å². The number of rotatable bonds is 4. The van der Waals surface area contributed by atoms with Crippen LogP contribution in [0.4, 0.5) is 10.2 Å². The van der Waals surface area contributed by atoms with Crippen molar-refractivity contribution in [1.82, 2.24) is 24.4 Å². The van der Waals surface area contributed by atoms with E-state index >= 15 is 4.39 Å². The number of aromatic nitrogens is 4. The topological polar surface area (TPSA) is 97.4 Å². The van der Waals surface area contributed by atoms with E-state index in [9.17, 15) is 9.59 Å². The summed E-state index contributed by atoms with van der Waals surface area (Å²) in [6, 6.07) is 8.13. The fourth-order valence-electron chi connectivity index (χ4n) is 5.61. The number of hydrogen-bond acceptors (Lipinski definition) is 7. The molecule has 1 aliphatic rings. The number of carbonyl (C=O) groups excluding carboxylic acids is 1. The molecule has 6 rings (SSSR count). The number of carbonyl (C=O) groups is 1. The first kappa shape index (κ1) is 25.7. The summed E-state index contributed by atoms with van der Waals surface area (Å²) in [4.78, 5) is 44.0. The van der Waals surface area contributed by atoms with E-state index in [0.29, 0.717) is 58.9 Å². The van der Waals surface area contributed by atoms with Crippen LogP contribution in [0.2, 0.25) is 0 Å². The molecule has 1 amide bonds. The minimum atomic E-state index is -0.516. The summed E-state index contributed by atoms with van der Waals surface area (Å²) in [7, 11) is 0. The van der Waals surface area contributed by atoms with Crippen molar-refractivity contribution in [2.45, 2.75) is 39.7 Å². The quantitative estimate of drug-likeness (QED) is 0.300. The molecule has 5 aromatic rings. The number of hydrogen-bond donors (Lipinski definition) is 0. The third-order valence-electron chi connectivity index (χ3n) is 7.56. The summed E-state index contributed by atoms with van der Waals surface area (Å²) in [5.74, 6) is -0.135. The van der Waals surface area contributed by atoms with Crippen molar-refractivity contribution < 1.29 is 13.6 Å². The van der Waals surface area contributed by atoms with Crippen LogP contribution in [0.5, 0.6) is 0 Å². The maximum atomic E-state index is 15.0. The molecule has 0 N–H and O–H groups in total. The average molecular weight is 541 g/mol. The lowest BCUT2D eigenvalue weighted by molar-refractivity contribution is -0.126. The van der Waals surface area contributed by atoms with Gasteiger partial charge in [0.05, 0.1) is 22.2 Å². The van der Waals surface area contributed by atoms with Gasteiger partial charge in [-0.15, -0.1) is 0 Å². The number of piperazine rings is 1. The van der Waals surface area contributed by atoms with Gasteiger partial charge in [-0.1, -0.05) is 26.5 Å². The molecular weight excluding hydrogens is 511 g/mol. The third kappa shape index (κ3) is 3.93. The van der Waals surface area contributed by atoms with Crippen molar-refractivity contribution in [3.8, 4) is 5.69 Å². The van der Waals surface area contributed by atoms with Crippen molar-refractivity contribution in [2.75, 3.05) is 24.5 Å². The van der Waals surface area contributed by atoms with E-state index < -0.39 is 11.5 Å². The molecule has 0 spiro atoms. The van der Waals surface area contributed by atoms with Crippen LogP contribution in [-0.4, -0.2) is 56.0 Å². The van der Waals surface area contributed by atoms with Gasteiger partial charge in [0.15, 0.2) is 11.2 Å². The van der Waals surface area contributed by atoms with E-state index in [1.165, 1.54) is 16.7 Å². The molecular formula is C30H29FN6O3. The van der Waals surface area contributed by atoms with Crippen molar-refractivity contribution in [2.24, 2.45) is 0 Å². The summed E-state index contributed by atoms with van der Waals surface area (Å²) in [5, 5.41) is 0.841. The molecule has 1 saturated heterocycles. The van der Waals surface area contributed by atoms with Gasteiger partial charge in [-0.05, 0) is 55.7 Å². The fourth-order valence-corrected chi connectivity index (χ4v) is 5.61. The standard InChI is InChI=1S/C30H29FN6O3/c1-6-23(38)35-12-13-36(18(5)15-35)28-19-14-22-26(24-20(31)8-7-9-21(24)40-22)33-29(19)37(30(39)34-28)27-17(4)10-11-32-25(27)16(2)3/h6-11,14,16,18H,1,12-13,15H2,2-5H3/t18-/m0/s1. The molecule has 0 bridgehead atoms. The van der Waals surface area contributed by atoms with Crippen LogP contribution in [-0.2, 0) is 4.79 Å². The minimum absolute atomic E-state index is 0.0166. The predicted molar refractivity (Wildman–Crippen MR) is 153 cm³/mol. The van der Waals surface area contributed by atoms with Crippen LogP contribution in [0.25, 0.3) is 38.8 Å². The molecule has 4 aromatic heterocycles. The molecule has 5 heterocycles. The highest BCUT2D eigenvalue weighted by Crippen LogP contribution is 2.36. The average Bonchev–Trinajstić information content (AvgIpc) is 3.30. The van der Waals surface area contributed by atoms with Gasteiger partial charge in [-0.25, -0.2) is 18.7 Å². The van der Waals surface area contributed by atoms with E-state index in [0.717, 1.165) is 11.3 Å². The number of halogens is 1. The number of aryl methyl sites for hydroxylation is 1. The number of nitrogens with zero attached hydrogens (tertiary/aromatic N) is 6. The van der Waals surface area contributed by atoms with Gasteiger partial charge < -0.3 is 14.2 Å². The lowest BCUT2D eigenvalue weighted by atomic mass is 10.0. The van der Waals surface area contributed by atoms with Crippen molar-refractivity contribution in [3.63, 3.8) is 0 Å². The highest BCUT2D eigenvalue weighted by Gasteiger charge is 2.30. The first-order valence-electron chi connectivity index (χ1n) is 13.3. The molecule has 9 nitrogen and oxygen atoms in total. The number of furan rings is 1. The second-order valence-electron chi connectivity index (χ2n) is 10.5. The smallest absolute Gasteiger partial charge is 0.355 e. The molecule has 1 aliphatic heterocycles. The molecule has 40 heavy (non-hydrogen) atoms. The largest absolute Gasteiger partial charge is 0.454 e. The number of fused-ring (bicyclic) bond motifs is 4. The summed E-state index contributed by atoms with van der Waals surface area (Å²) in [5.41, 5.74) is 3.09. The normalized spacial score (nSPS) is 16.0. The zero-order valence-corrected chi connectivity index (χ0v) is 22.8. The van der Waals surface area contributed by atoms with E-state index in [2.05, 4.69) is 16.5 Å². The first-order chi connectivity index (χ1) is 19.2. The zero-order chi connectivity index (χ0) is 28.3. The first-order valence-corrected chi connectivity index (χ1v) is 13.3. The zero-order valence-electron chi connectivity index (χ0n) is 22.8. The van der Waals surface area contributed by atoms with Crippen molar-refractivity contribution in [3.05, 3.63) is 76.7 Å². The Kier molecular flexibility index (Phi) is 6.13. The Hall–Kier alpha value is -4.60. The van der Waals surface area contributed by atoms with E-state index in [1.807, 2.05) is 38.7 Å². The van der Waals surface area contributed by atoms with Gasteiger partial charge in [-0.2, -0.15) is 4.98 Å². The Morgan fingerprint density at radius 1 is 1.20 bits per heavy atom. The third-order valence-corrected chi connectivity index (χ3v) is 7.56. The molecule has 0 radical (unpaired) electrons. The summed E-state index contributed by atoms with van der Waals surface area (Å²) in [6.45, 7) is 12.9. The maximum absolute atomic E-state index is 15.0. The van der Waals surface area contributed by atoms with Crippen LogP contribution in [0.1, 0.15) is 37.9 Å². The van der Waals surface area contributed by atoms with Crippen LogP contribution in [0.15, 0.2) is 58.4 Å². The van der Waals surface area contributed by atoms with E-state index in [4.69, 9.17) is 9.40 Å². The maximum Gasteiger partial charge on any atom is 0.355 e. The molecule has 0 aliphatic carbocycles. The number of pyridine rings is 2. The molecule has 1 fully saturated rings. The Morgan fingerprint density at radius 3 is 2.73 bits per heavy atom. The van der Waals surface area contributed by atoms with Crippen LogP contribution < -0.4 is 10.6 Å². The van der Waals surface area contributed by atoms with Gasteiger partial charge in [0.25, 0.3) is 0 Å². The van der Waals surface area contributed by atoms with Gasteiger partial charge in [-0.3, -0.25) is 9.78 Å². The van der Waals surface area contributed by atoms with Crippen molar-refractivity contribution in [1.29, 1.82) is 0 Å². The number of amides is 1. The SMILES string of the molecule is C=CC(=O)N1CCN(c2nc(=O)n(-c3c(C)ccnc3C(C)C)c3nc4c(cc23)oc2cccc(F)c24)[C@@H](C)C1. The van der Waals surface area contributed by atoms with Gasteiger partial charge >= 0.3 is 5.69 Å². The molecule has 10 heteroatoms. The lowest BCUT2D eigenvalue weighted by Gasteiger charge is -2.40.